The molecule has 3 aromatic rings. The maximum Gasteiger partial charge on any atom is 0.339 e. The third-order valence-electron chi connectivity index (χ3n) is 14.5. The van der Waals surface area contributed by atoms with Crippen molar-refractivity contribution in [1.82, 2.24) is 0 Å². The fourth-order valence-corrected chi connectivity index (χ4v) is 9.27. The normalized spacial score (nSPS) is 10.6. The van der Waals surface area contributed by atoms with E-state index in [1.807, 2.05) is 0 Å². The van der Waals surface area contributed by atoms with Gasteiger partial charge in [0.25, 0.3) is 0 Å². The molecule has 0 fully saturated rings. The van der Waals surface area contributed by atoms with Gasteiger partial charge in [0.05, 0.1) is 73.0 Å². The first-order chi connectivity index (χ1) is 41.1. The molecule has 3 rings (SSSR count). The monoisotopic (exact) mass is 1170 g/mol. The Morgan fingerprint density at radius 3 is 0.464 bits per heavy atom. The molecule has 0 amide bonds. The van der Waals surface area contributed by atoms with Crippen molar-refractivity contribution in [3.8, 4) is 0 Å². The standard InChI is InChI=1S/C26H42O4.C24H38O4.C22H34O4/c1-3-5-7-9-11-12-14-18-22-30-26(28)24-20-16-15-19-23(24)25(27)29-21-17-13-10-8-6-4-2;1-3-5-7-9-10-11-12-16-20-28-24(26)22-18-14-13-17-21(22)23(25)27-19-15-8-6-4-2;1-3-5-7-9-10-14-18-26-22(24)20-16-12-11-15-19(20)21(23)25-17-13-8-6-4-2/h15-16,19-20H,3-14,17-18,21-22H2,1-2H3;13-14,17-18H,3-12,15-16,19-20H2,1-2H3;11-12,15-16H,3-10,13-14,17-18H2,1-2H3. The van der Waals surface area contributed by atoms with Gasteiger partial charge in [0.1, 0.15) is 0 Å². The predicted molar refractivity (Wildman–Crippen MR) is 341 cm³/mol. The molecule has 474 valence electrons. The number of hydrogen-bond donors (Lipinski definition) is 0. The summed E-state index contributed by atoms with van der Waals surface area (Å²) in [5.74, 6) is -2.67. The molecular formula is C72H114O12. The van der Waals surface area contributed by atoms with Crippen molar-refractivity contribution >= 4 is 35.8 Å². The van der Waals surface area contributed by atoms with E-state index in [-0.39, 0.29) is 11.1 Å². The van der Waals surface area contributed by atoms with Crippen LogP contribution in [0.3, 0.4) is 0 Å². The topological polar surface area (TPSA) is 158 Å². The molecule has 0 saturated carbocycles. The summed E-state index contributed by atoms with van der Waals surface area (Å²) in [7, 11) is 0. The number of carbonyl (C=O) groups is 6. The fraction of sp³-hybridized carbons (Fsp3) is 0.667. The molecule has 0 unspecified atom stereocenters. The van der Waals surface area contributed by atoms with Gasteiger partial charge in [-0.1, -0.05) is 271 Å². The van der Waals surface area contributed by atoms with Gasteiger partial charge in [-0.2, -0.15) is 0 Å². The minimum Gasteiger partial charge on any atom is -0.462 e. The van der Waals surface area contributed by atoms with Crippen LogP contribution in [0.4, 0.5) is 0 Å². The lowest BCUT2D eigenvalue weighted by atomic mass is 10.1. The van der Waals surface area contributed by atoms with Crippen molar-refractivity contribution < 1.29 is 57.2 Å². The Labute approximate surface area is 509 Å². The first-order valence-corrected chi connectivity index (χ1v) is 33.4. The zero-order valence-corrected chi connectivity index (χ0v) is 53.5. The smallest absolute Gasteiger partial charge is 0.339 e. The van der Waals surface area contributed by atoms with Gasteiger partial charge >= 0.3 is 35.8 Å². The average Bonchev–Trinajstić information content (AvgIpc) is 3.67. The van der Waals surface area contributed by atoms with Gasteiger partial charge in [0.2, 0.25) is 0 Å². The van der Waals surface area contributed by atoms with Crippen LogP contribution in [0.2, 0.25) is 0 Å². The third kappa shape index (κ3) is 39.2. The van der Waals surface area contributed by atoms with E-state index in [4.69, 9.17) is 28.4 Å². The van der Waals surface area contributed by atoms with Crippen LogP contribution >= 0.6 is 0 Å². The van der Waals surface area contributed by atoms with Crippen LogP contribution in [-0.2, 0) is 28.4 Å². The van der Waals surface area contributed by atoms with Crippen LogP contribution in [0.25, 0.3) is 0 Å². The van der Waals surface area contributed by atoms with Crippen LogP contribution in [0.1, 0.15) is 335 Å². The van der Waals surface area contributed by atoms with Crippen molar-refractivity contribution in [2.45, 2.75) is 273 Å². The Bertz CT molecular complexity index is 2130. The minimum atomic E-state index is -0.450. The number of unbranched alkanes of at least 4 members (excludes halogenated alkanes) is 30. The Hall–Kier alpha value is -5.52. The largest absolute Gasteiger partial charge is 0.462 e. The molecule has 0 bridgehead atoms. The summed E-state index contributed by atoms with van der Waals surface area (Å²) in [6, 6.07) is 20.2. The first kappa shape index (κ1) is 76.5. The molecule has 0 spiro atoms. The lowest BCUT2D eigenvalue weighted by Crippen LogP contribution is -2.15. The van der Waals surface area contributed by atoms with Crippen LogP contribution in [0.15, 0.2) is 72.8 Å². The molecule has 0 aliphatic carbocycles. The van der Waals surface area contributed by atoms with E-state index < -0.39 is 35.8 Å². The Balaban J connectivity index is 0.000000632. The van der Waals surface area contributed by atoms with Crippen molar-refractivity contribution in [3.63, 3.8) is 0 Å². The first-order valence-electron chi connectivity index (χ1n) is 33.4. The molecular weight excluding hydrogens is 1060 g/mol. The second-order valence-electron chi connectivity index (χ2n) is 22.1. The molecule has 84 heavy (non-hydrogen) atoms. The highest BCUT2D eigenvalue weighted by atomic mass is 16.6. The maximum absolute atomic E-state index is 12.4. The van der Waals surface area contributed by atoms with Crippen LogP contribution < -0.4 is 0 Å². The van der Waals surface area contributed by atoms with Crippen molar-refractivity contribution in [3.05, 3.63) is 106 Å². The number of rotatable bonds is 48. The number of hydrogen-bond acceptors (Lipinski definition) is 12. The summed E-state index contributed by atoms with van der Waals surface area (Å²) in [5.41, 5.74) is 1.75. The quantitative estimate of drug-likeness (QED) is 0.0300. The highest BCUT2D eigenvalue weighted by Gasteiger charge is 2.21. The van der Waals surface area contributed by atoms with Crippen LogP contribution in [-0.4, -0.2) is 75.5 Å². The van der Waals surface area contributed by atoms with Gasteiger partial charge in [0.15, 0.2) is 0 Å². The van der Waals surface area contributed by atoms with E-state index in [2.05, 4.69) is 41.5 Å². The molecule has 12 heteroatoms. The molecule has 0 aliphatic heterocycles. The molecule has 0 radical (unpaired) electrons. The highest BCUT2D eigenvalue weighted by Crippen LogP contribution is 2.18. The molecule has 3 aromatic carbocycles. The average molecular weight is 1170 g/mol. The Morgan fingerprint density at radius 2 is 0.321 bits per heavy atom. The van der Waals surface area contributed by atoms with Gasteiger partial charge in [-0.3, -0.25) is 0 Å². The highest BCUT2D eigenvalue weighted by molar-refractivity contribution is 6.04. The van der Waals surface area contributed by atoms with E-state index in [1.54, 1.807) is 72.8 Å². The lowest BCUT2D eigenvalue weighted by molar-refractivity contribution is 0.0450. The molecule has 0 heterocycles. The molecule has 0 atom stereocenters. The fourth-order valence-electron chi connectivity index (χ4n) is 9.27. The third-order valence-corrected chi connectivity index (χ3v) is 14.5. The summed E-state index contributed by atoms with van der Waals surface area (Å²) in [4.78, 5) is 74.0. The van der Waals surface area contributed by atoms with Crippen molar-refractivity contribution in [1.29, 1.82) is 0 Å². The maximum atomic E-state index is 12.4. The van der Waals surface area contributed by atoms with Crippen molar-refractivity contribution in [2.75, 3.05) is 39.6 Å². The van der Waals surface area contributed by atoms with E-state index in [0.29, 0.717) is 61.9 Å². The number of ether oxygens (including phenoxy) is 6. The van der Waals surface area contributed by atoms with Crippen molar-refractivity contribution in [2.24, 2.45) is 0 Å². The zero-order chi connectivity index (χ0) is 61.4. The zero-order valence-electron chi connectivity index (χ0n) is 53.5. The van der Waals surface area contributed by atoms with Gasteiger partial charge in [0, 0.05) is 0 Å². The molecule has 0 aliphatic rings. The van der Waals surface area contributed by atoms with E-state index in [9.17, 15) is 28.8 Å². The second kappa shape index (κ2) is 55.4. The molecule has 0 saturated heterocycles. The van der Waals surface area contributed by atoms with Gasteiger partial charge in [-0.15, -0.1) is 0 Å². The van der Waals surface area contributed by atoms with E-state index in [0.717, 1.165) is 103 Å². The van der Waals surface area contributed by atoms with Gasteiger partial charge in [-0.05, 0) is 74.9 Å². The summed E-state index contributed by atoms with van der Waals surface area (Å²) in [6.45, 7) is 15.5. The Morgan fingerprint density at radius 1 is 0.202 bits per heavy atom. The Kier molecular flexibility index (Phi) is 50.4. The lowest BCUT2D eigenvalue weighted by Gasteiger charge is -2.10. The van der Waals surface area contributed by atoms with E-state index >= 15 is 0 Å². The summed E-state index contributed by atoms with van der Waals surface area (Å²) >= 11 is 0. The summed E-state index contributed by atoms with van der Waals surface area (Å²) < 4.78 is 32.1. The molecule has 0 aromatic heterocycles. The number of carbonyl (C=O) groups excluding carboxylic acids is 6. The van der Waals surface area contributed by atoms with Crippen LogP contribution in [0.5, 0.6) is 0 Å². The predicted octanol–water partition coefficient (Wildman–Crippen LogP) is 20.2. The van der Waals surface area contributed by atoms with E-state index in [1.165, 1.54) is 128 Å². The summed E-state index contributed by atoms with van der Waals surface area (Å²) in [6.07, 6.45) is 41.1. The molecule has 12 nitrogen and oxygen atoms in total. The number of benzene rings is 3. The number of esters is 6. The second-order valence-corrected chi connectivity index (χ2v) is 22.1. The van der Waals surface area contributed by atoms with Crippen LogP contribution in [0, 0.1) is 0 Å². The summed E-state index contributed by atoms with van der Waals surface area (Å²) in [5, 5.41) is 0. The van der Waals surface area contributed by atoms with Gasteiger partial charge in [-0.25, -0.2) is 28.8 Å². The van der Waals surface area contributed by atoms with Gasteiger partial charge < -0.3 is 28.4 Å². The molecule has 0 N–H and O–H groups in total. The SMILES string of the molecule is CCCCCCCCCCOC(=O)c1ccccc1C(=O)OCCCCCC.CCCCCCCCCCOC(=O)c1ccccc1C(=O)OCCCCCCCC.CCCCCCCCOC(=O)c1ccccc1C(=O)OCCCCCC. The minimum absolute atomic E-state index is 0.288.